The summed E-state index contributed by atoms with van der Waals surface area (Å²) in [6, 6.07) is 4.39. The molecule has 0 saturated carbocycles. The molecule has 2 aliphatic heterocycles. The Balaban J connectivity index is 1.56. The van der Waals surface area contributed by atoms with E-state index in [0.29, 0.717) is 16.0 Å². The third-order valence-corrected chi connectivity index (χ3v) is 6.31. The van der Waals surface area contributed by atoms with E-state index in [1.54, 1.807) is 5.38 Å². The maximum Gasteiger partial charge on any atom is 0.412 e. The van der Waals surface area contributed by atoms with Crippen LogP contribution < -0.4 is 10.2 Å². The fourth-order valence-electron chi connectivity index (χ4n) is 3.70. The van der Waals surface area contributed by atoms with Gasteiger partial charge < -0.3 is 10.0 Å². The molecule has 2 aromatic rings. The van der Waals surface area contributed by atoms with E-state index in [4.69, 9.17) is 0 Å². The summed E-state index contributed by atoms with van der Waals surface area (Å²) in [5, 5.41) is 24.4. The molecule has 0 unspecified atom stereocenters. The van der Waals surface area contributed by atoms with Crippen LogP contribution in [0.25, 0.3) is 0 Å². The van der Waals surface area contributed by atoms with Crippen molar-refractivity contribution in [1.82, 2.24) is 10.2 Å². The number of benzene rings is 1. The number of carbonyl (C=O) groups is 4. The first-order valence-electron chi connectivity index (χ1n) is 9.25. The maximum atomic E-state index is 12.8. The van der Waals surface area contributed by atoms with Crippen LogP contribution in [-0.2, 0) is 22.7 Å². The number of non-ortho nitro benzene ring substituents is 1. The highest BCUT2D eigenvalue weighted by Gasteiger charge is 2.40. The topological polar surface area (TPSA) is 150 Å². The number of anilines is 1. The molecule has 0 aliphatic carbocycles. The number of rotatable bonds is 5. The lowest BCUT2D eigenvalue weighted by Crippen LogP contribution is -2.52. The number of hydrogen-bond donors (Lipinski definition) is 2. The average molecular weight is 444 g/mol. The molecule has 31 heavy (non-hydrogen) atoms. The number of nitrogens with zero attached hydrogens (tertiary/aromatic N) is 3. The van der Waals surface area contributed by atoms with Gasteiger partial charge in [0.2, 0.25) is 11.8 Å². The Bertz CT molecular complexity index is 1110. The van der Waals surface area contributed by atoms with Crippen molar-refractivity contribution in [1.29, 1.82) is 0 Å². The highest BCUT2D eigenvalue weighted by Crippen LogP contribution is 2.35. The number of imide groups is 1. The molecule has 4 amide bonds. The van der Waals surface area contributed by atoms with Gasteiger partial charge in [0.1, 0.15) is 6.04 Å². The lowest BCUT2D eigenvalue weighted by molar-refractivity contribution is -0.384. The van der Waals surface area contributed by atoms with Crippen LogP contribution in [0.15, 0.2) is 29.6 Å². The Labute approximate surface area is 179 Å². The first kappa shape index (κ1) is 20.5. The third-order valence-electron chi connectivity index (χ3n) is 5.29. The smallest absolute Gasteiger partial charge is 0.412 e. The molecule has 1 atom stereocenters. The van der Waals surface area contributed by atoms with E-state index >= 15 is 0 Å². The van der Waals surface area contributed by atoms with Gasteiger partial charge in [-0.1, -0.05) is 0 Å². The zero-order valence-electron chi connectivity index (χ0n) is 15.9. The Kier molecular flexibility index (Phi) is 5.15. The van der Waals surface area contributed by atoms with Gasteiger partial charge in [-0.3, -0.25) is 34.7 Å². The minimum Gasteiger partial charge on any atom is -0.465 e. The zero-order valence-corrected chi connectivity index (χ0v) is 16.8. The van der Waals surface area contributed by atoms with Crippen molar-refractivity contribution in [3.05, 3.63) is 55.8 Å². The number of hydrogen-bond acceptors (Lipinski definition) is 7. The fourth-order valence-corrected chi connectivity index (χ4v) is 4.73. The lowest BCUT2D eigenvalue weighted by Gasteiger charge is -2.29. The molecule has 0 bridgehead atoms. The monoisotopic (exact) mass is 444 g/mol. The SMILES string of the molecule is O=C1CC[C@H](N2Cc3c(csc3CN(C(=O)O)c3ccc([N+](=O)[O-])cc3)C2=O)C(=O)N1. The third kappa shape index (κ3) is 3.72. The van der Waals surface area contributed by atoms with Crippen molar-refractivity contribution in [3.8, 4) is 0 Å². The van der Waals surface area contributed by atoms with Crippen LogP contribution in [0.1, 0.15) is 33.6 Å². The molecule has 1 saturated heterocycles. The van der Waals surface area contributed by atoms with Crippen molar-refractivity contribution in [2.45, 2.75) is 32.0 Å². The van der Waals surface area contributed by atoms with Gasteiger partial charge in [0, 0.05) is 46.6 Å². The van der Waals surface area contributed by atoms with Gasteiger partial charge in [-0.25, -0.2) is 4.79 Å². The molecule has 0 spiro atoms. The molecule has 1 aromatic carbocycles. The minimum absolute atomic E-state index is 0.0520. The number of nitro benzene ring substituents is 1. The molecule has 1 fully saturated rings. The molecule has 3 heterocycles. The summed E-state index contributed by atoms with van der Waals surface area (Å²) in [6.45, 7) is 0.0939. The van der Waals surface area contributed by atoms with Crippen LogP contribution in [0.2, 0.25) is 0 Å². The standard InChI is InChI=1S/C19H16N4O7S/c24-16-6-5-14(17(25)20-16)22-7-12-13(18(22)26)9-31-15(12)8-21(19(27)28)10-1-3-11(4-2-10)23(29)30/h1-4,9,14H,5-8H2,(H,27,28)(H,20,24,25)/t14-/m0/s1. The van der Waals surface area contributed by atoms with Gasteiger partial charge >= 0.3 is 6.09 Å². The van der Waals surface area contributed by atoms with E-state index < -0.39 is 23.0 Å². The van der Waals surface area contributed by atoms with Crippen LogP contribution in [0, 0.1) is 10.1 Å². The van der Waals surface area contributed by atoms with Crippen LogP contribution in [0.4, 0.5) is 16.2 Å². The van der Waals surface area contributed by atoms with E-state index in [2.05, 4.69) is 5.32 Å². The summed E-state index contributed by atoms with van der Waals surface area (Å²) in [5.41, 5.74) is 1.16. The number of carboxylic acid groups (broad SMARTS) is 1. The normalized spacial score (nSPS) is 18.0. The van der Waals surface area contributed by atoms with E-state index in [9.17, 15) is 34.4 Å². The molecule has 2 N–H and O–H groups in total. The number of thiophene rings is 1. The van der Waals surface area contributed by atoms with Crippen LogP contribution in [0.5, 0.6) is 0 Å². The Morgan fingerprint density at radius 2 is 2.00 bits per heavy atom. The van der Waals surface area contributed by atoms with Crippen molar-refractivity contribution >= 4 is 46.5 Å². The summed E-state index contributed by atoms with van der Waals surface area (Å²) < 4.78 is 0. The summed E-state index contributed by atoms with van der Waals surface area (Å²) in [4.78, 5) is 61.5. The summed E-state index contributed by atoms with van der Waals surface area (Å²) in [5.74, 6) is -1.22. The van der Waals surface area contributed by atoms with E-state index in [0.717, 1.165) is 4.90 Å². The van der Waals surface area contributed by atoms with Crippen molar-refractivity contribution in [2.24, 2.45) is 0 Å². The average Bonchev–Trinajstić information content (AvgIpc) is 3.26. The molecule has 2 aliphatic rings. The van der Waals surface area contributed by atoms with Crippen molar-refractivity contribution < 1.29 is 29.2 Å². The van der Waals surface area contributed by atoms with Crippen LogP contribution >= 0.6 is 11.3 Å². The second-order valence-electron chi connectivity index (χ2n) is 7.09. The largest absolute Gasteiger partial charge is 0.465 e. The number of fused-ring (bicyclic) bond motifs is 1. The summed E-state index contributed by atoms with van der Waals surface area (Å²) in [6.07, 6.45) is -0.863. The van der Waals surface area contributed by atoms with E-state index in [-0.39, 0.29) is 49.1 Å². The molecule has 12 heteroatoms. The summed E-state index contributed by atoms with van der Waals surface area (Å²) >= 11 is 1.24. The summed E-state index contributed by atoms with van der Waals surface area (Å²) in [7, 11) is 0. The number of amides is 4. The quantitative estimate of drug-likeness (QED) is 0.407. The highest BCUT2D eigenvalue weighted by molar-refractivity contribution is 7.10. The van der Waals surface area contributed by atoms with Gasteiger partial charge in [0.05, 0.1) is 17.0 Å². The Morgan fingerprint density at radius 1 is 1.29 bits per heavy atom. The van der Waals surface area contributed by atoms with Crippen molar-refractivity contribution in [3.63, 3.8) is 0 Å². The van der Waals surface area contributed by atoms with Crippen molar-refractivity contribution in [2.75, 3.05) is 4.90 Å². The second-order valence-corrected chi connectivity index (χ2v) is 8.06. The van der Waals surface area contributed by atoms with Gasteiger partial charge in [-0.15, -0.1) is 11.3 Å². The molecule has 1 aromatic heterocycles. The number of nitrogens with one attached hydrogen (secondary N) is 1. The number of piperidine rings is 1. The Morgan fingerprint density at radius 3 is 2.61 bits per heavy atom. The molecule has 11 nitrogen and oxygen atoms in total. The van der Waals surface area contributed by atoms with Crippen LogP contribution in [0.3, 0.4) is 0 Å². The van der Waals surface area contributed by atoms with Crippen LogP contribution in [-0.4, -0.2) is 44.8 Å². The van der Waals surface area contributed by atoms with Gasteiger partial charge in [0.25, 0.3) is 11.6 Å². The molecule has 0 radical (unpaired) electrons. The highest BCUT2D eigenvalue weighted by atomic mass is 32.1. The predicted octanol–water partition coefficient (Wildman–Crippen LogP) is 2.10. The predicted molar refractivity (Wildman–Crippen MR) is 108 cm³/mol. The lowest BCUT2D eigenvalue weighted by atomic mass is 10.0. The van der Waals surface area contributed by atoms with E-state index in [1.165, 1.54) is 40.5 Å². The molecular weight excluding hydrogens is 428 g/mol. The minimum atomic E-state index is -1.25. The van der Waals surface area contributed by atoms with E-state index in [1.807, 2.05) is 0 Å². The fraction of sp³-hybridized carbons (Fsp3) is 0.263. The first-order chi connectivity index (χ1) is 14.8. The molecule has 4 rings (SSSR count). The number of carbonyl (C=O) groups excluding carboxylic acids is 3. The van der Waals surface area contributed by atoms with Gasteiger partial charge in [-0.2, -0.15) is 0 Å². The zero-order chi connectivity index (χ0) is 22.3. The maximum absolute atomic E-state index is 12.8. The van der Waals surface area contributed by atoms with Gasteiger partial charge in [-0.05, 0) is 18.6 Å². The Hall–Kier alpha value is -3.80. The molecular formula is C19H16N4O7S. The van der Waals surface area contributed by atoms with Gasteiger partial charge in [0.15, 0.2) is 0 Å². The second kappa shape index (κ2) is 7.80. The first-order valence-corrected chi connectivity index (χ1v) is 10.1. The number of nitro groups is 1. The molecule has 160 valence electrons.